The maximum absolute atomic E-state index is 14.1. The number of rotatable bonds is 7. The number of para-hydroxylation sites is 1. The predicted molar refractivity (Wildman–Crippen MR) is 183 cm³/mol. The van der Waals surface area contributed by atoms with Gasteiger partial charge in [0, 0.05) is 17.7 Å². The number of carboxylic acids is 1. The van der Waals surface area contributed by atoms with Crippen LogP contribution in [0, 0.1) is 12.8 Å². The molecule has 3 aliphatic heterocycles. The summed E-state index contributed by atoms with van der Waals surface area (Å²) in [6, 6.07) is 12.0. The zero-order valence-electron chi connectivity index (χ0n) is 27.1. The van der Waals surface area contributed by atoms with Gasteiger partial charge in [-0.05, 0) is 48.9 Å². The number of hydrogen-bond acceptors (Lipinski definition) is 9. The third-order valence-electron chi connectivity index (χ3n) is 9.77. The van der Waals surface area contributed by atoms with Crippen molar-refractivity contribution >= 4 is 46.1 Å². The Balaban J connectivity index is 1.49. The Bertz CT molecular complexity index is 1960. The summed E-state index contributed by atoms with van der Waals surface area (Å²) < 4.78 is 18.7. The quantitative estimate of drug-likeness (QED) is 0.136. The maximum atomic E-state index is 14.1. The number of carboxylic acid groups (broad SMARTS) is 1. The number of halogens is 1. The van der Waals surface area contributed by atoms with E-state index in [9.17, 15) is 19.5 Å². The largest absolute Gasteiger partial charge is 0.476 e. The zero-order valence-corrected chi connectivity index (χ0v) is 29.3. The van der Waals surface area contributed by atoms with Crippen LogP contribution in [0.25, 0.3) is 11.6 Å². The molecule has 250 valence electrons. The topological polar surface area (TPSA) is 169 Å². The molecule has 7 rings (SSSR count). The summed E-state index contributed by atoms with van der Waals surface area (Å²) in [5.74, 6) is -0.777. The van der Waals surface area contributed by atoms with Gasteiger partial charge in [0.1, 0.15) is 32.4 Å². The van der Waals surface area contributed by atoms with Crippen molar-refractivity contribution in [2.24, 2.45) is 5.92 Å². The van der Waals surface area contributed by atoms with E-state index in [0.717, 1.165) is 22.4 Å². The first-order chi connectivity index (χ1) is 22.9. The average molecular weight is 766 g/mol. The van der Waals surface area contributed by atoms with E-state index in [1.54, 1.807) is 0 Å². The molecule has 13 heteroatoms. The smallest absolute Gasteiger partial charge is 0.358 e. The summed E-state index contributed by atoms with van der Waals surface area (Å²) in [5.41, 5.74) is 2.14. The van der Waals surface area contributed by atoms with Crippen LogP contribution in [0.15, 0.2) is 51.3 Å². The molecule has 1 spiro atoms. The van der Waals surface area contributed by atoms with Crippen LogP contribution in [0.4, 0.5) is 5.69 Å². The molecule has 2 aromatic heterocycles. The van der Waals surface area contributed by atoms with Gasteiger partial charge in [-0.15, -0.1) is 0 Å². The molecule has 4 N–H and O–H groups in total. The normalized spacial score (nSPS) is 22.5. The van der Waals surface area contributed by atoms with Crippen LogP contribution in [0.2, 0.25) is 0 Å². The number of amides is 2. The second kappa shape index (κ2) is 11.6. The van der Waals surface area contributed by atoms with Gasteiger partial charge in [0.05, 0.1) is 0 Å². The van der Waals surface area contributed by atoms with Crippen molar-refractivity contribution in [1.82, 2.24) is 20.6 Å². The highest BCUT2D eigenvalue weighted by Gasteiger charge is 2.61. The number of aryl methyl sites for hydroxylation is 1. The lowest BCUT2D eigenvalue weighted by atomic mass is 9.72. The Morgan fingerprint density at radius 1 is 1.10 bits per heavy atom. The molecule has 4 atom stereocenters. The first-order valence-electron chi connectivity index (χ1n) is 16.1. The minimum atomic E-state index is -1.23. The van der Waals surface area contributed by atoms with Gasteiger partial charge in [0.15, 0.2) is 23.4 Å². The van der Waals surface area contributed by atoms with Crippen molar-refractivity contribution in [2.45, 2.75) is 81.0 Å². The Hall–Kier alpha value is -4.40. The third kappa shape index (κ3) is 4.79. The van der Waals surface area contributed by atoms with Gasteiger partial charge in [-0.2, -0.15) is 0 Å². The van der Waals surface area contributed by atoms with Crippen molar-refractivity contribution in [3.63, 3.8) is 0 Å². The molecule has 0 fully saturated rings. The Morgan fingerprint density at radius 2 is 1.85 bits per heavy atom. The molecule has 48 heavy (non-hydrogen) atoms. The van der Waals surface area contributed by atoms with E-state index in [1.807, 2.05) is 70.2 Å². The lowest BCUT2D eigenvalue weighted by Gasteiger charge is -2.30. The Labute approximate surface area is 290 Å². The Morgan fingerprint density at radius 3 is 2.54 bits per heavy atom. The number of benzene rings is 2. The molecule has 2 aromatic carbocycles. The molecule has 5 heterocycles. The molecular formula is C35H36IN5O7. The van der Waals surface area contributed by atoms with Crippen molar-refractivity contribution in [3.8, 4) is 17.3 Å². The monoisotopic (exact) mass is 765 g/mol. The first kappa shape index (κ1) is 32.2. The van der Waals surface area contributed by atoms with Gasteiger partial charge in [0.2, 0.25) is 23.6 Å². The molecule has 3 aliphatic rings. The molecule has 0 radical (unpaired) electrons. The van der Waals surface area contributed by atoms with Crippen LogP contribution in [-0.2, 0) is 21.4 Å². The van der Waals surface area contributed by atoms with Gasteiger partial charge in [-0.25, -0.2) is 14.8 Å². The number of aromatic nitrogens is 2. The molecular weight excluding hydrogens is 729 g/mol. The predicted octanol–water partition coefficient (Wildman–Crippen LogP) is 5.66. The summed E-state index contributed by atoms with van der Waals surface area (Å²) in [7, 11) is 0. The van der Waals surface area contributed by atoms with E-state index in [2.05, 4.69) is 43.5 Å². The summed E-state index contributed by atoms with van der Waals surface area (Å²) >= 11 is 2.18. The van der Waals surface area contributed by atoms with Gasteiger partial charge in [-0.1, -0.05) is 80.6 Å². The number of ether oxygens (including phenoxy) is 1. The fraction of sp³-hybridized carbons (Fsp3) is 0.400. The number of aromatic carboxylic acids is 1. The summed E-state index contributed by atoms with van der Waals surface area (Å²) in [6.45, 7) is 9.32. The van der Waals surface area contributed by atoms with Gasteiger partial charge in [-0.3, -0.25) is 9.59 Å². The van der Waals surface area contributed by atoms with Gasteiger partial charge < -0.3 is 34.6 Å². The maximum Gasteiger partial charge on any atom is 0.358 e. The number of oxazole rings is 2. The highest BCUT2D eigenvalue weighted by Crippen LogP contribution is 2.59. The number of fused-ring (bicyclic) bond motifs is 4. The van der Waals surface area contributed by atoms with Crippen LogP contribution in [-0.4, -0.2) is 48.5 Å². The average Bonchev–Trinajstić information content (AvgIpc) is 3.81. The summed E-state index contributed by atoms with van der Waals surface area (Å²) in [4.78, 5) is 49.0. The van der Waals surface area contributed by atoms with Crippen LogP contribution in [0.1, 0.15) is 91.2 Å². The van der Waals surface area contributed by atoms with Crippen molar-refractivity contribution in [3.05, 3.63) is 82.3 Å². The fourth-order valence-electron chi connectivity index (χ4n) is 7.00. The number of hydrogen-bond donors (Lipinski definition) is 4. The summed E-state index contributed by atoms with van der Waals surface area (Å²) in [6.07, 6.45) is 0.786. The third-order valence-corrected chi connectivity index (χ3v) is 11.8. The number of carbonyl (C=O) groups is 3. The SMILES string of the molecule is CCC(I)(CC)C(=O)N[C@H]1Cc2ccc3c(c2)[C@@]2(c4ccccc4NC2O3)c2oc(nc2-c2nc(C(=O)O)c(C)o2)[C@H](C(C)C)NC1=O. The molecule has 0 aliphatic carbocycles. The zero-order chi connectivity index (χ0) is 34.1. The van der Waals surface area contributed by atoms with Crippen LogP contribution >= 0.6 is 22.6 Å². The molecule has 0 saturated heterocycles. The number of alkyl halides is 1. The highest BCUT2D eigenvalue weighted by molar-refractivity contribution is 14.1. The van der Waals surface area contributed by atoms with E-state index in [-0.39, 0.29) is 53.1 Å². The van der Waals surface area contributed by atoms with E-state index in [0.29, 0.717) is 24.4 Å². The van der Waals surface area contributed by atoms with E-state index < -0.39 is 33.1 Å². The Kier molecular flexibility index (Phi) is 7.80. The van der Waals surface area contributed by atoms with E-state index in [4.69, 9.17) is 18.6 Å². The molecule has 2 amide bonds. The molecule has 0 saturated carbocycles. The van der Waals surface area contributed by atoms with Gasteiger partial charge >= 0.3 is 5.97 Å². The van der Waals surface area contributed by atoms with Gasteiger partial charge in [0.25, 0.3) is 0 Å². The molecule has 4 bridgehead atoms. The van der Waals surface area contributed by atoms with Crippen molar-refractivity contribution in [1.29, 1.82) is 0 Å². The second-order valence-electron chi connectivity index (χ2n) is 12.9. The fourth-order valence-corrected chi connectivity index (χ4v) is 7.16. The number of nitrogens with one attached hydrogen (secondary N) is 3. The van der Waals surface area contributed by atoms with Crippen LogP contribution in [0.5, 0.6) is 5.75 Å². The minimum absolute atomic E-state index is 0.0247. The van der Waals surface area contributed by atoms with Crippen LogP contribution in [0.3, 0.4) is 0 Å². The lowest BCUT2D eigenvalue weighted by Crippen LogP contribution is -2.53. The standard InChI is InChI=1S/C35H36IN5O7/c1-6-34(36,7-2)32(45)37-22-15-18-12-13-23-20(14-18)35(19-10-8-9-11-21(19)38-33(35)47-23)27-26(30-40-25(31(43)44)17(5)46-30)41-29(48-27)24(16(3)4)39-28(22)42/h8-14,16,22,24,33,38H,6-7,15H2,1-5H3,(H,37,45)(H,39,42)(H,43,44)/t22-,24-,33?,35-/m0/s1. The summed E-state index contributed by atoms with van der Waals surface area (Å²) in [5, 5.41) is 19.5. The molecule has 12 nitrogen and oxygen atoms in total. The number of carbonyl (C=O) groups excluding carboxylic acids is 2. The molecule has 4 aromatic rings. The first-order valence-corrected chi connectivity index (χ1v) is 17.2. The number of anilines is 1. The van der Waals surface area contributed by atoms with Crippen molar-refractivity contribution in [2.75, 3.05) is 5.32 Å². The van der Waals surface area contributed by atoms with Crippen LogP contribution < -0.4 is 20.7 Å². The number of nitrogens with zero attached hydrogens (tertiary/aromatic N) is 2. The molecule has 1 unspecified atom stereocenters. The van der Waals surface area contributed by atoms with Crippen molar-refractivity contribution < 1.29 is 33.1 Å². The highest BCUT2D eigenvalue weighted by atomic mass is 127. The lowest BCUT2D eigenvalue weighted by molar-refractivity contribution is -0.130. The van der Waals surface area contributed by atoms with E-state index >= 15 is 0 Å². The van der Waals surface area contributed by atoms with E-state index in [1.165, 1.54) is 6.92 Å². The minimum Gasteiger partial charge on any atom is -0.476 e. The second-order valence-corrected chi connectivity index (χ2v) is 15.0.